The van der Waals surface area contributed by atoms with Crippen LogP contribution >= 0.6 is 0 Å². The lowest BCUT2D eigenvalue weighted by Gasteiger charge is -2.60. The van der Waals surface area contributed by atoms with Gasteiger partial charge in [0.15, 0.2) is 0 Å². The van der Waals surface area contributed by atoms with Crippen LogP contribution in [0.5, 0.6) is 0 Å². The first-order chi connectivity index (χ1) is 11.8. The Balaban J connectivity index is 1.66. The molecule has 0 saturated heterocycles. The van der Waals surface area contributed by atoms with Crippen molar-refractivity contribution >= 4 is 5.78 Å². The van der Waals surface area contributed by atoms with Crippen LogP contribution in [-0.4, -0.2) is 17.0 Å². The summed E-state index contributed by atoms with van der Waals surface area (Å²) in [5, 5.41) is 10.1. The van der Waals surface area contributed by atoms with Crippen LogP contribution in [0.4, 0.5) is 0 Å². The van der Waals surface area contributed by atoms with E-state index in [1.807, 2.05) is 0 Å². The van der Waals surface area contributed by atoms with Crippen molar-refractivity contribution in [1.82, 2.24) is 0 Å². The lowest BCUT2D eigenvalue weighted by molar-refractivity contribution is -0.162. The summed E-state index contributed by atoms with van der Waals surface area (Å²) in [4.78, 5) is 13.5. The topological polar surface area (TPSA) is 37.3 Å². The molecule has 140 valence electrons. The molecule has 0 aromatic heterocycles. The van der Waals surface area contributed by atoms with Crippen molar-refractivity contribution in [3.8, 4) is 0 Å². The number of hydrogen-bond donors (Lipinski definition) is 1. The first-order valence-corrected chi connectivity index (χ1v) is 10.6. The fourth-order valence-corrected chi connectivity index (χ4v) is 8.12. The maximum Gasteiger partial charge on any atom is 0.137 e. The molecule has 0 aliphatic heterocycles. The summed E-state index contributed by atoms with van der Waals surface area (Å²) in [6.45, 7) is 11.1. The van der Waals surface area contributed by atoms with Gasteiger partial charge in [-0.05, 0) is 85.4 Å². The van der Waals surface area contributed by atoms with Crippen LogP contribution in [0.1, 0.15) is 72.1 Å². The highest BCUT2D eigenvalue weighted by Crippen LogP contribution is 2.67. The van der Waals surface area contributed by atoms with E-state index in [4.69, 9.17) is 0 Å². The van der Waals surface area contributed by atoms with Crippen molar-refractivity contribution in [1.29, 1.82) is 0 Å². The summed E-state index contributed by atoms with van der Waals surface area (Å²) in [5.74, 6) is 3.80. The highest BCUT2D eigenvalue weighted by molar-refractivity contribution is 5.84. The van der Waals surface area contributed by atoms with Gasteiger partial charge in [0.1, 0.15) is 5.78 Å². The monoisotopic (exact) mass is 344 g/mol. The highest BCUT2D eigenvalue weighted by atomic mass is 16.3. The Bertz CT molecular complexity index is 568. The van der Waals surface area contributed by atoms with E-state index in [2.05, 4.69) is 33.4 Å². The quantitative estimate of drug-likeness (QED) is 0.715. The molecule has 4 fully saturated rings. The van der Waals surface area contributed by atoms with E-state index in [1.165, 1.54) is 25.7 Å². The second-order valence-electron chi connectivity index (χ2n) is 10.4. The molecular weight excluding hydrogens is 308 g/mol. The molecule has 2 nitrogen and oxygen atoms in total. The molecule has 0 radical (unpaired) electrons. The smallest absolute Gasteiger partial charge is 0.137 e. The number of ketones is 1. The Morgan fingerprint density at radius 1 is 1.16 bits per heavy atom. The molecule has 0 aromatic rings. The average molecular weight is 345 g/mol. The van der Waals surface area contributed by atoms with E-state index < -0.39 is 0 Å². The second-order valence-corrected chi connectivity index (χ2v) is 10.4. The Labute approximate surface area is 153 Å². The number of carbonyl (C=O) groups excluding carboxylic acids is 1. The molecular formula is C23H36O2. The number of fused-ring (bicyclic) bond motifs is 5. The number of Topliss-reactive ketones (excluding diaryl/α,β-unsaturated/α-hetero) is 1. The first kappa shape index (κ1) is 17.8. The standard InChI is InChI=1S/C23H36O2/c1-5-14(2)18-8-9-19-17-7-6-15-12-16(24)10-11-22(15,3)21(17)20(25)13-23(18,19)4/h5,14-19,21,24H,1,6-13H2,2-4H3/t14-,15-,16-,17+,18-,19+,21-,22+,23-/m1/s1. The minimum Gasteiger partial charge on any atom is -0.393 e. The van der Waals surface area contributed by atoms with E-state index >= 15 is 0 Å². The molecule has 4 aliphatic carbocycles. The third kappa shape index (κ3) is 2.42. The van der Waals surface area contributed by atoms with Crippen molar-refractivity contribution in [2.45, 2.75) is 78.2 Å². The molecule has 0 amide bonds. The fraction of sp³-hybridized carbons (Fsp3) is 0.870. The van der Waals surface area contributed by atoms with Gasteiger partial charge in [-0.3, -0.25) is 4.79 Å². The number of aliphatic hydroxyl groups excluding tert-OH is 1. The van der Waals surface area contributed by atoms with Crippen LogP contribution in [0.25, 0.3) is 0 Å². The zero-order valence-electron chi connectivity index (χ0n) is 16.3. The van der Waals surface area contributed by atoms with Crippen LogP contribution in [0.2, 0.25) is 0 Å². The van der Waals surface area contributed by atoms with Crippen molar-refractivity contribution in [3.05, 3.63) is 12.7 Å². The van der Waals surface area contributed by atoms with Gasteiger partial charge in [0.2, 0.25) is 0 Å². The van der Waals surface area contributed by atoms with Crippen molar-refractivity contribution in [2.75, 3.05) is 0 Å². The molecule has 0 heterocycles. The maximum atomic E-state index is 13.5. The molecule has 4 saturated carbocycles. The Morgan fingerprint density at radius 2 is 1.92 bits per heavy atom. The largest absolute Gasteiger partial charge is 0.393 e. The third-order valence-electron chi connectivity index (χ3n) is 9.40. The van der Waals surface area contributed by atoms with Gasteiger partial charge in [-0.15, -0.1) is 6.58 Å². The molecule has 9 atom stereocenters. The SMILES string of the molecule is C=C[C@@H](C)[C@H]1CC[C@H]2[C@@H]3CC[C@@H]4C[C@H](O)CC[C@]4(C)[C@H]3C(=O)C[C@]12C. The lowest BCUT2D eigenvalue weighted by atomic mass is 9.44. The van der Waals surface area contributed by atoms with Gasteiger partial charge in [-0.1, -0.05) is 26.8 Å². The first-order valence-electron chi connectivity index (χ1n) is 10.6. The van der Waals surface area contributed by atoms with E-state index in [1.54, 1.807) is 0 Å². The van der Waals surface area contributed by atoms with Gasteiger partial charge in [0, 0.05) is 12.3 Å². The molecule has 2 heteroatoms. The molecule has 0 aromatic carbocycles. The van der Waals surface area contributed by atoms with E-state index in [-0.39, 0.29) is 22.9 Å². The van der Waals surface area contributed by atoms with Crippen molar-refractivity contribution < 1.29 is 9.90 Å². The summed E-state index contributed by atoms with van der Waals surface area (Å²) >= 11 is 0. The minimum atomic E-state index is -0.136. The average Bonchev–Trinajstić information content (AvgIpc) is 2.91. The summed E-state index contributed by atoms with van der Waals surface area (Å²) in [6, 6.07) is 0. The molecule has 4 aliphatic rings. The van der Waals surface area contributed by atoms with E-state index in [0.717, 1.165) is 25.7 Å². The van der Waals surface area contributed by atoms with Gasteiger partial charge in [-0.2, -0.15) is 0 Å². The predicted molar refractivity (Wildman–Crippen MR) is 101 cm³/mol. The molecule has 4 rings (SSSR count). The molecule has 0 bridgehead atoms. The minimum absolute atomic E-state index is 0.136. The van der Waals surface area contributed by atoms with Gasteiger partial charge in [0.25, 0.3) is 0 Å². The summed E-state index contributed by atoms with van der Waals surface area (Å²) in [6.07, 6.45) is 10.6. The van der Waals surface area contributed by atoms with Crippen LogP contribution in [0.15, 0.2) is 12.7 Å². The van der Waals surface area contributed by atoms with Gasteiger partial charge < -0.3 is 5.11 Å². The number of allylic oxidation sites excluding steroid dienone is 1. The number of rotatable bonds is 2. The Morgan fingerprint density at radius 3 is 2.64 bits per heavy atom. The van der Waals surface area contributed by atoms with Crippen LogP contribution < -0.4 is 0 Å². The summed E-state index contributed by atoms with van der Waals surface area (Å²) in [5.41, 5.74) is 0.325. The Hall–Kier alpha value is -0.630. The highest BCUT2D eigenvalue weighted by Gasteiger charge is 2.63. The molecule has 1 N–H and O–H groups in total. The normalized spacial score (nSPS) is 53.5. The molecule has 0 unspecified atom stereocenters. The van der Waals surface area contributed by atoms with Gasteiger partial charge >= 0.3 is 0 Å². The second kappa shape index (κ2) is 5.94. The van der Waals surface area contributed by atoms with Gasteiger partial charge in [-0.25, -0.2) is 0 Å². The number of hydrogen-bond acceptors (Lipinski definition) is 2. The maximum absolute atomic E-state index is 13.5. The van der Waals surface area contributed by atoms with E-state index in [0.29, 0.717) is 35.4 Å². The van der Waals surface area contributed by atoms with Crippen molar-refractivity contribution in [2.24, 2.45) is 46.3 Å². The lowest BCUT2D eigenvalue weighted by Crippen LogP contribution is -2.57. The zero-order chi connectivity index (χ0) is 18.0. The molecule has 0 spiro atoms. The summed E-state index contributed by atoms with van der Waals surface area (Å²) in [7, 11) is 0. The summed E-state index contributed by atoms with van der Waals surface area (Å²) < 4.78 is 0. The third-order valence-corrected chi connectivity index (χ3v) is 9.40. The van der Waals surface area contributed by atoms with E-state index in [9.17, 15) is 9.90 Å². The number of carbonyl (C=O) groups is 1. The van der Waals surface area contributed by atoms with Crippen LogP contribution in [0.3, 0.4) is 0 Å². The van der Waals surface area contributed by atoms with Crippen molar-refractivity contribution in [3.63, 3.8) is 0 Å². The van der Waals surface area contributed by atoms with Crippen LogP contribution in [0, 0.1) is 46.3 Å². The van der Waals surface area contributed by atoms with Gasteiger partial charge in [0.05, 0.1) is 6.10 Å². The Kier molecular flexibility index (Phi) is 4.22. The van der Waals surface area contributed by atoms with Crippen LogP contribution in [-0.2, 0) is 4.79 Å². The zero-order valence-corrected chi connectivity index (χ0v) is 16.3. The predicted octanol–water partition coefficient (Wildman–Crippen LogP) is 5.01. The number of aliphatic hydroxyl groups is 1. The fourth-order valence-electron chi connectivity index (χ4n) is 8.12. The molecule has 25 heavy (non-hydrogen) atoms.